The second kappa shape index (κ2) is 8.63. The summed E-state index contributed by atoms with van der Waals surface area (Å²) in [6.07, 6.45) is 3.42. The molecule has 0 radical (unpaired) electrons. The van der Waals surface area contributed by atoms with E-state index in [9.17, 15) is 14.4 Å². The van der Waals surface area contributed by atoms with Crippen LogP contribution in [0.3, 0.4) is 0 Å². The third kappa shape index (κ3) is 4.17. The first kappa shape index (κ1) is 20.7. The molecule has 0 aliphatic heterocycles. The van der Waals surface area contributed by atoms with E-state index < -0.39 is 11.2 Å². The number of anilines is 2. The van der Waals surface area contributed by atoms with E-state index in [1.54, 1.807) is 6.92 Å². The SMILES string of the molecule is CCN(C(=O)Cc1ccc2c(c1)CCC2)c1c(N)n(Cc2ccccc2)c(=O)[nH]c1=O. The minimum absolute atomic E-state index is 0.0123. The second-order valence-corrected chi connectivity index (χ2v) is 7.84. The number of benzene rings is 2. The quantitative estimate of drug-likeness (QED) is 0.641. The monoisotopic (exact) mass is 418 g/mol. The van der Waals surface area contributed by atoms with Gasteiger partial charge in [-0.1, -0.05) is 48.5 Å². The van der Waals surface area contributed by atoms with Crippen LogP contribution in [0.25, 0.3) is 0 Å². The maximum Gasteiger partial charge on any atom is 0.330 e. The third-order valence-electron chi connectivity index (χ3n) is 5.80. The molecule has 1 heterocycles. The summed E-state index contributed by atoms with van der Waals surface area (Å²) in [5.41, 5.74) is 9.44. The van der Waals surface area contributed by atoms with Crippen molar-refractivity contribution < 1.29 is 4.79 Å². The van der Waals surface area contributed by atoms with E-state index in [2.05, 4.69) is 17.1 Å². The van der Waals surface area contributed by atoms with Gasteiger partial charge in [0.05, 0.1) is 13.0 Å². The zero-order valence-electron chi connectivity index (χ0n) is 17.6. The number of aromatic amines is 1. The number of H-pyrrole nitrogens is 1. The largest absolute Gasteiger partial charge is 0.383 e. The first-order valence-corrected chi connectivity index (χ1v) is 10.6. The van der Waals surface area contributed by atoms with Gasteiger partial charge in [-0.15, -0.1) is 0 Å². The first-order valence-electron chi connectivity index (χ1n) is 10.6. The van der Waals surface area contributed by atoms with Crippen LogP contribution in [0.4, 0.5) is 11.5 Å². The van der Waals surface area contributed by atoms with E-state index in [-0.39, 0.29) is 36.9 Å². The molecule has 3 N–H and O–H groups in total. The first-order chi connectivity index (χ1) is 15.0. The highest BCUT2D eigenvalue weighted by Gasteiger charge is 2.23. The number of aryl methyl sites for hydroxylation is 2. The number of nitrogens with two attached hydrogens (primary N) is 1. The lowest BCUT2D eigenvalue weighted by Gasteiger charge is -2.23. The number of rotatable bonds is 6. The van der Waals surface area contributed by atoms with Crippen LogP contribution in [0, 0.1) is 0 Å². The minimum Gasteiger partial charge on any atom is -0.383 e. The van der Waals surface area contributed by atoms with Gasteiger partial charge in [0, 0.05) is 6.54 Å². The van der Waals surface area contributed by atoms with Gasteiger partial charge in [0.15, 0.2) is 5.69 Å². The molecule has 0 fully saturated rings. The molecule has 1 aromatic heterocycles. The molecule has 0 saturated carbocycles. The Hall–Kier alpha value is -3.61. The lowest BCUT2D eigenvalue weighted by Crippen LogP contribution is -2.41. The van der Waals surface area contributed by atoms with E-state index >= 15 is 0 Å². The number of nitrogens with zero attached hydrogens (tertiary/aromatic N) is 2. The fraction of sp³-hybridized carbons (Fsp3) is 0.292. The van der Waals surface area contributed by atoms with Crippen LogP contribution in [0.2, 0.25) is 0 Å². The average molecular weight is 418 g/mol. The van der Waals surface area contributed by atoms with Crippen molar-refractivity contribution in [1.29, 1.82) is 0 Å². The molecule has 0 unspecified atom stereocenters. The van der Waals surface area contributed by atoms with Gasteiger partial charge in [-0.3, -0.25) is 19.1 Å². The molecule has 0 bridgehead atoms. The molecule has 4 rings (SSSR count). The van der Waals surface area contributed by atoms with Crippen molar-refractivity contribution in [2.75, 3.05) is 17.2 Å². The maximum absolute atomic E-state index is 13.1. The molecule has 7 nitrogen and oxygen atoms in total. The summed E-state index contributed by atoms with van der Waals surface area (Å²) in [5, 5.41) is 0. The number of likely N-dealkylation sites (N-methyl/N-ethyl adjacent to an activating group) is 1. The Balaban J connectivity index is 1.66. The highest BCUT2D eigenvalue weighted by Crippen LogP contribution is 2.24. The molecule has 0 spiro atoms. The Bertz CT molecular complexity index is 1230. The fourth-order valence-electron chi connectivity index (χ4n) is 4.23. The van der Waals surface area contributed by atoms with Crippen molar-refractivity contribution in [3.8, 4) is 0 Å². The maximum atomic E-state index is 13.1. The van der Waals surface area contributed by atoms with Crippen LogP contribution in [0.1, 0.15) is 35.6 Å². The molecule has 160 valence electrons. The number of fused-ring (bicyclic) bond motifs is 1. The standard InChI is InChI=1S/C24H26N4O3/c1-2-27(20(29)14-17-11-12-18-9-6-10-19(18)13-17)21-22(25)28(24(31)26-23(21)30)15-16-7-4-3-5-8-16/h3-5,7-8,11-13H,2,6,9-10,14-15,25H2,1H3,(H,26,30,31). The van der Waals surface area contributed by atoms with Crippen LogP contribution >= 0.6 is 0 Å². The van der Waals surface area contributed by atoms with Crippen LogP contribution in [0.15, 0.2) is 58.1 Å². The highest BCUT2D eigenvalue weighted by molar-refractivity contribution is 5.96. The van der Waals surface area contributed by atoms with Crippen LogP contribution in [0.5, 0.6) is 0 Å². The molecule has 1 aliphatic carbocycles. The van der Waals surface area contributed by atoms with E-state index in [0.717, 1.165) is 30.4 Å². The van der Waals surface area contributed by atoms with E-state index in [1.807, 2.05) is 36.4 Å². The molecule has 3 aromatic rings. The Kier molecular flexibility index (Phi) is 5.75. The van der Waals surface area contributed by atoms with Crippen LogP contribution in [-0.4, -0.2) is 22.0 Å². The zero-order chi connectivity index (χ0) is 22.0. The van der Waals surface area contributed by atoms with Crippen molar-refractivity contribution in [2.45, 2.75) is 39.2 Å². The number of hydrogen-bond acceptors (Lipinski definition) is 4. The normalized spacial score (nSPS) is 12.5. The Morgan fingerprint density at radius 3 is 2.55 bits per heavy atom. The number of aromatic nitrogens is 2. The topological polar surface area (TPSA) is 101 Å². The highest BCUT2D eigenvalue weighted by atomic mass is 16.2. The van der Waals surface area contributed by atoms with E-state index in [1.165, 1.54) is 20.6 Å². The van der Waals surface area contributed by atoms with Gasteiger partial charge in [-0.2, -0.15) is 0 Å². The van der Waals surface area contributed by atoms with Gasteiger partial charge in [-0.05, 0) is 48.4 Å². The summed E-state index contributed by atoms with van der Waals surface area (Å²) < 4.78 is 1.29. The van der Waals surface area contributed by atoms with Crippen molar-refractivity contribution in [2.24, 2.45) is 0 Å². The van der Waals surface area contributed by atoms with Gasteiger partial charge in [0.25, 0.3) is 5.56 Å². The Morgan fingerprint density at radius 2 is 1.81 bits per heavy atom. The van der Waals surface area contributed by atoms with Crippen molar-refractivity contribution >= 4 is 17.4 Å². The molecule has 1 aliphatic rings. The number of nitrogens with one attached hydrogen (secondary N) is 1. The smallest absolute Gasteiger partial charge is 0.330 e. The molecule has 7 heteroatoms. The number of hydrogen-bond donors (Lipinski definition) is 2. The van der Waals surface area contributed by atoms with Gasteiger partial charge in [0.2, 0.25) is 5.91 Å². The van der Waals surface area contributed by atoms with Crippen molar-refractivity contribution in [3.05, 3.63) is 91.6 Å². The fourth-order valence-corrected chi connectivity index (χ4v) is 4.23. The molecule has 2 aromatic carbocycles. The third-order valence-corrected chi connectivity index (χ3v) is 5.80. The molecule has 0 atom stereocenters. The summed E-state index contributed by atoms with van der Waals surface area (Å²) in [6, 6.07) is 15.5. The summed E-state index contributed by atoms with van der Waals surface area (Å²) >= 11 is 0. The van der Waals surface area contributed by atoms with Crippen molar-refractivity contribution in [1.82, 2.24) is 9.55 Å². The molecular weight excluding hydrogens is 392 g/mol. The number of nitrogen functional groups attached to an aromatic ring is 1. The molecule has 31 heavy (non-hydrogen) atoms. The average Bonchev–Trinajstić information content (AvgIpc) is 3.22. The minimum atomic E-state index is -0.657. The van der Waals surface area contributed by atoms with Gasteiger partial charge in [0.1, 0.15) is 5.82 Å². The summed E-state index contributed by atoms with van der Waals surface area (Å²) in [7, 11) is 0. The summed E-state index contributed by atoms with van der Waals surface area (Å²) in [6.45, 7) is 2.25. The van der Waals surface area contributed by atoms with Crippen LogP contribution in [-0.2, 0) is 30.6 Å². The van der Waals surface area contributed by atoms with Gasteiger partial charge >= 0.3 is 5.69 Å². The molecule has 0 saturated heterocycles. The molecule has 1 amide bonds. The summed E-state index contributed by atoms with van der Waals surface area (Å²) in [5.74, 6) is -0.246. The van der Waals surface area contributed by atoms with Gasteiger partial charge in [-0.25, -0.2) is 4.79 Å². The number of carbonyl (C=O) groups is 1. The predicted molar refractivity (Wildman–Crippen MR) is 121 cm³/mol. The summed E-state index contributed by atoms with van der Waals surface area (Å²) in [4.78, 5) is 41.9. The molecular formula is C24H26N4O3. The van der Waals surface area contributed by atoms with E-state index in [0.29, 0.717) is 0 Å². The lowest BCUT2D eigenvalue weighted by atomic mass is 10.0. The zero-order valence-corrected chi connectivity index (χ0v) is 17.6. The van der Waals surface area contributed by atoms with E-state index in [4.69, 9.17) is 5.73 Å². The number of amides is 1. The Labute approximate surface area is 180 Å². The predicted octanol–water partition coefficient (Wildman–Crippen LogP) is 2.25. The number of carbonyl (C=O) groups excluding carboxylic acids is 1. The second-order valence-electron chi connectivity index (χ2n) is 7.84. The van der Waals surface area contributed by atoms with Crippen molar-refractivity contribution in [3.63, 3.8) is 0 Å². The van der Waals surface area contributed by atoms with Gasteiger partial charge < -0.3 is 10.6 Å². The lowest BCUT2D eigenvalue weighted by molar-refractivity contribution is -0.117. The Morgan fingerprint density at radius 1 is 1.06 bits per heavy atom. The van der Waals surface area contributed by atoms with Crippen LogP contribution < -0.4 is 21.9 Å².